The Morgan fingerprint density at radius 3 is 2.79 bits per heavy atom. The molecule has 104 valence electrons. The predicted molar refractivity (Wildman–Crippen MR) is 72.7 cm³/mol. The molecule has 0 spiro atoms. The second kappa shape index (κ2) is 5.42. The summed E-state index contributed by atoms with van der Waals surface area (Å²) in [6, 6.07) is 0. The number of carbonyl (C=O) groups excluding carboxylic acids is 1. The van der Waals surface area contributed by atoms with Crippen molar-refractivity contribution in [3.05, 3.63) is 16.9 Å². The second-order valence-corrected chi connectivity index (χ2v) is 5.75. The number of piperidine rings is 1. The van der Waals surface area contributed by atoms with Gasteiger partial charge in [0, 0.05) is 25.5 Å². The van der Waals surface area contributed by atoms with Crippen LogP contribution in [0.3, 0.4) is 0 Å². The van der Waals surface area contributed by atoms with E-state index in [2.05, 4.69) is 25.9 Å². The minimum atomic E-state index is -0.955. The van der Waals surface area contributed by atoms with E-state index in [-0.39, 0.29) is 0 Å². The van der Waals surface area contributed by atoms with Gasteiger partial charge in [-0.25, -0.2) is 9.97 Å². The number of aromatic nitrogens is 2. The summed E-state index contributed by atoms with van der Waals surface area (Å²) in [5, 5.41) is 10.1. The Kier molecular flexibility index (Phi) is 4.05. The van der Waals surface area contributed by atoms with Gasteiger partial charge in [-0.3, -0.25) is 4.79 Å². The highest BCUT2D eigenvalue weighted by Gasteiger charge is 2.46. The Morgan fingerprint density at radius 2 is 2.21 bits per heavy atom. The maximum atomic E-state index is 11.9. The fourth-order valence-corrected chi connectivity index (χ4v) is 2.46. The molecule has 0 bridgehead atoms. The van der Waals surface area contributed by atoms with E-state index in [9.17, 15) is 9.90 Å². The number of halogens is 1. The van der Waals surface area contributed by atoms with Crippen LogP contribution in [0.2, 0.25) is 0 Å². The van der Waals surface area contributed by atoms with Gasteiger partial charge in [0.05, 0.1) is 17.7 Å². The van der Waals surface area contributed by atoms with Crippen LogP contribution in [0.5, 0.6) is 0 Å². The minimum Gasteiger partial charge on any atom is -0.468 e. The molecule has 0 saturated carbocycles. The van der Waals surface area contributed by atoms with Crippen molar-refractivity contribution in [3.8, 4) is 0 Å². The summed E-state index contributed by atoms with van der Waals surface area (Å²) in [7, 11) is 1.33. The molecular formula is C12H16BrN3O3. The quantitative estimate of drug-likeness (QED) is 0.815. The number of aliphatic hydroxyl groups is 1. The lowest BCUT2D eigenvalue weighted by atomic mass is 9.79. The van der Waals surface area contributed by atoms with Crippen LogP contribution in [0.4, 0.5) is 5.95 Å². The van der Waals surface area contributed by atoms with Gasteiger partial charge in [0.1, 0.15) is 5.41 Å². The van der Waals surface area contributed by atoms with Gasteiger partial charge in [-0.1, -0.05) is 0 Å². The number of rotatable bonds is 2. The third kappa shape index (κ3) is 2.71. The molecule has 1 aliphatic heterocycles. The number of anilines is 1. The molecule has 19 heavy (non-hydrogen) atoms. The zero-order valence-electron chi connectivity index (χ0n) is 10.8. The van der Waals surface area contributed by atoms with Gasteiger partial charge in [-0.2, -0.15) is 0 Å². The van der Waals surface area contributed by atoms with Crippen LogP contribution in [-0.4, -0.2) is 47.3 Å². The SMILES string of the molecule is COC(=O)C1(C)CN(c2ncc(Br)cn2)CCC1O. The van der Waals surface area contributed by atoms with E-state index in [0.29, 0.717) is 25.5 Å². The van der Waals surface area contributed by atoms with Gasteiger partial charge < -0.3 is 14.7 Å². The first-order chi connectivity index (χ1) is 8.97. The summed E-state index contributed by atoms with van der Waals surface area (Å²) in [4.78, 5) is 22.2. The molecule has 0 amide bonds. The van der Waals surface area contributed by atoms with Gasteiger partial charge in [-0.15, -0.1) is 0 Å². The summed E-state index contributed by atoms with van der Waals surface area (Å²) >= 11 is 3.28. The van der Waals surface area contributed by atoms with Crippen LogP contribution in [0.25, 0.3) is 0 Å². The molecule has 0 aromatic carbocycles. The predicted octanol–water partition coefficient (Wildman–Crippen LogP) is 0.989. The lowest BCUT2D eigenvalue weighted by Crippen LogP contribution is -2.55. The van der Waals surface area contributed by atoms with E-state index in [1.165, 1.54) is 7.11 Å². The second-order valence-electron chi connectivity index (χ2n) is 4.84. The van der Waals surface area contributed by atoms with E-state index < -0.39 is 17.5 Å². The molecule has 1 N–H and O–H groups in total. The van der Waals surface area contributed by atoms with E-state index in [1.54, 1.807) is 19.3 Å². The molecule has 2 atom stereocenters. The van der Waals surface area contributed by atoms with Crippen LogP contribution in [0.1, 0.15) is 13.3 Å². The highest BCUT2D eigenvalue weighted by molar-refractivity contribution is 9.10. The third-order valence-corrected chi connectivity index (χ3v) is 3.88. The van der Waals surface area contributed by atoms with Gasteiger partial charge in [0.2, 0.25) is 5.95 Å². The van der Waals surface area contributed by atoms with Crippen molar-refractivity contribution in [2.24, 2.45) is 5.41 Å². The van der Waals surface area contributed by atoms with Crippen molar-refractivity contribution in [2.75, 3.05) is 25.1 Å². The summed E-state index contributed by atoms with van der Waals surface area (Å²) in [6.07, 6.45) is 3.07. The standard InChI is InChI=1S/C12H16BrN3O3/c1-12(10(18)19-2)7-16(4-3-9(12)17)11-14-5-8(13)6-15-11/h5-6,9,17H,3-4,7H2,1-2H3. The van der Waals surface area contributed by atoms with Crippen LogP contribution in [0.15, 0.2) is 16.9 Å². The Bertz CT molecular complexity index is 468. The maximum absolute atomic E-state index is 11.9. The first-order valence-corrected chi connectivity index (χ1v) is 6.75. The van der Waals surface area contributed by atoms with E-state index in [0.717, 1.165) is 4.47 Å². The van der Waals surface area contributed by atoms with Crippen LogP contribution in [0, 0.1) is 5.41 Å². The normalized spacial score (nSPS) is 27.2. The molecule has 1 saturated heterocycles. The van der Waals surface area contributed by atoms with Crippen LogP contribution >= 0.6 is 15.9 Å². The molecule has 2 rings (SSSR count). The molecule has 0 aliphatic carbocycles. The van der Waals surface area contributed by atoms with Crippen molar-refractivity contribution in [1.82, 2.24) is 9.97 Å². The van der Waals surface area contributed by atoms with Crippen LogP contribution < -0.4 is 4.90 Å². The highest BCUT2D eigenvalue weighted by Crippen LogP contribution is 2.32. The molecule has 1 aromatic rings. The molecular weight excluding hydrogens is 314 g/mol. The number of nitrogens with zero attached hydrogens (tertiary/aromatic N) is 3. The van der Waals surface area contributed by atoms with Crippen molar-refractivity contribution >= 4 is 27.8 Å². The molecule has 2 unspecified atom stereocenters. The van der Waals surface area contributed by atoms with E-state index in [1.807, 2.05) is 4.90 Å². The molecule has 6 nitrogen and oxygen atoms in total. The Morgan fingerprint density at radius 1 is 1.58 bits per heavy atom. The van der Waals surface area contributed by atoms with E-state index in [4.69, 9.17) is 4.74 Å². The summed E-state index contributed by atoms with van der Waals surface area (Å²) < 4.78 is 5.59. The number of carbonyl (C=O) groups is 1. The summed E-state index contributed by atoms with van der Waals surface area (Å²) in [5.74, 6) is 0.132. The number of esters is 1. The molecule has 1 aromatic heterocycles. The minimum absolute atomic E-state index is 0.336. The Hall–Kier alpha value is -1.21. The molecule has 7 heteroatoms. The zero-order chi connectivity index (χ0) is 14.0. The number of ether oxygens (including phenoxy) is 1. The summed E-state index contributed by atoms with van der Waals surface area (Å²) in [5.41, 5.74) is -0.955. The van der Waals surface area contributed by atoms with Gasteiger partial charge in [0.15, 0.2) is 0 Å². The van der Waals surface area contributed by atoms with Crippen LogP contribution in [-0.2, 0) is 9.53 Å². The first-order valence-electron chi connectivity index (χ1n) is 5.96. The number of hydrogen-bond acceptors (Lipinski definition) is 6. The smallest absolute Gasteiger partial charge is 0.315 e. The average Bonchev–Trinajstić information content (AvgIpc) is 2.42. The van der Waals surface area contributed by atoms with Gasteiger partial charge in [0.25, 0.3) is 0 Å². The monoisotopic (exact) mass is 329 g/mol. The topological polar surface area (TPSA) is 75.5 Å². The van der Waals surface area contributed by atoms with Crippen molar-refractivity contribution in [2.45, 2.75) is 19.4 Å². The average molecular weight is 330 g/mol. The summed E-state index contributed by atoms with van der Waals surface area (Å²) in [6.45, 7) is 2.65. The fourth-order valence-electron chi connectivity index (χ4n) is 2.25. The van der Waals surface area contributed by atoms with Crippen molar-refractivity contribution < 1.29 is 14.6 Å². The Balaban J connectivity index is 2.22. The van der Waals surface area contributed by atoms with Crippen molar-refractivity contribution in [3.63, 3.8) is 0 Å². The van der Waals surface area contributed by atoms with Crippen molar-refractivity contribution in [1.29, 1.82) is 0 Å². The molecule has 2 heterocycles. The Labute approximate surface area is 119 Å². The fraction of sp³-hybridized carbons (Fsp3) is 0.583. The van der Waals surface area contributed by atoms with E-state index >= 15 is 0 Å². The number of hydrogen-bond donors (Lipinski definition) is 1. The molecule has 1 aliphatic rings. The van der Waals surface area contributed by atoms with Gasteiger partial charge >= 0.3 is 5.97 Å². The largest absolute Gasteiger partial charge is 0.468 e. The zero-order valence-corrected chi connectivity index (χ0v) is 12.4. The maximum Gasteiger partial charge on any atom is 0.315 e. The third-order valence-electron chi connectivity index (χ3n) is 3.47. The molecule has 1 fully saturated rings. The number of methoxy groups -OCH3 is 1. The molecule has 0 radical (unpaired) electrons. The highest BCUT2D eigenvalue weighted by atomic mass is 79.9. The first kappa shape index (κ1) is 14.2. The lowest BCUT2D eigenvalue weighted by Gasteiger charge is -2.41. The van der Waals surface area contributed by atoms with Gasteiger partial charge in [-0.05, 0) is 29.3 Å². The lowest BCUT2D eigenvalue weighted by molar-refractivity contribution is -0.159. The number of aliphatic hydroxyl groups excluding tert-OH is 1.